The Morgan fingerprint density at radius 1 is 0.833 bits per heavy atom. The second-order valence-corrected chi connectivity index (χ2v) is 7.69. The van der Waals surface area contributed by atoms with Gasteiger partial charge in [0.25, 0.3) is 0 Å². The smallest absolute Gasteiger partial charge is 0.376 e. The summed E-state index contributed by atoms with van der Waals surface area (Å²) in [6.45, 7) is 0.800. The van der Waals surface area contributed by atoms with Gasteiger partial charge in [0, 0.05) is 21.3 Å². The predicted octanol–water partition coefficient (Wildman–Crippen LogP) is 1.42. The first-order valence-electron chi connectivity index (χ1n) is 6.78. The van der Waals surface area contributed by atoms with Crippen LogP contribution in [0.2, 0.25) is 0 Å². The van der Waals surface area contributed by atoms with Gasteiger partial charge in [0.2, 0.25) is 0 Å². The van der Waals surface area contributed by atoms with Crippen LogP contribution in [0.25, 0.3) is 0 Å². The van der Waals surface area contributed by atoms with Crippen molar-refractivity contribution < 1.29 is 13.3 Å². The third-order valence-electron chi connectivity index (χ3n) is 3.28. The van der Waals surface area contributed by atoms with E-state index in [4.69, 9.17) is 24.7 Å². The lowest BCUT2D eigenvalue weighted by Crippen LogP contribution is -2.58. The molecule has 0 spiro atoms. The van der Waals surface area contributed by atoms with Crippen LogP contribution in [0, 0.1) is 0 Å². The molecule has 0 aromatic carbocycles. The molecule has 1 unspecified atom stereocenters. The molecule has 0 radical (unpaired) electrons. The van der Waals surface area contributed by atoms with Crippen LogP contribution in [0.5, 0.6) is 0 Å². The summed E-state index contributed by atoms with van der Waals surface area (Å²) in [6, 6.07) is 0. The molecule has 4 N–H and O–H groups in total. The lowest BCUT2D eigenvalue weighted by Gasteiger charge is -2.29. The fourth-order valence-corrected chi connectivity index (χ4v) is 4.06. The molecule has 5 nitrogen and oxygen atoms in total. The predicted molar refractivity (Wildman–Crippen MR) is 76.1 cm³/mol. The van der Waals surface area contributed by atoms with E-state index in [0.29, 0.717) is 0 Å². The van der Waals surface area contributed by atoms with Crippen LogP contribution in [-0.2, 0) is 13.3 Å². The van der Waals surface area contributed by atoms with Gasteiger partial charge in [-0.05, 0) is 19.4 Å². The van der Waals surface area contributed by atoms with Crippen molar-refractivity contribution in [2.24, 2.45) is 11.5 Å². The molecule has 18 heavy (non-hydrogen) atoms. The first-order valence-corrected chi connectivity index (χ1v) is 8.58. The molecular formula is C12H30N2O3Si. The minimum absolute atomic E-state index is 0.137. The fraction of sp³-hybridized carbons (Fsp3) is 1.00. The maximum Gasteiger partial charge on any atom is 0.517 e. The highest BCUT2D eigenvalue weighted by atomic mass is 28.4. The summed E-state index contributed by atoms with van der Waals surface area (Å²) < 4.78 is 16.1. The van der Waals surface area contributed by atoms with Crippen molar-refractivity contribution in [3.8, 4) is 0 Å². The Morgan fingerprint density at radius 3 is 1.72 bits per heavy atom. The minimum atomic E-state index is -2.64. The molecule has 1 atom stereocenters. The Balaban J connectivity index is 3.71. The highest BCUT2D eigenvalue weighted by Gasteiger charge is 2.44. The quantitative estimate of drug-likeness (QED) is 0.417. The zero-order chi connectivity index (χ0) is 13.9. The van der Waals surface area contributed by atoms with Crippen LogP contribution in [0.15, 0.2) is 0 Å². The molecule has 110 valence electrons. The average molecular weight is 278 g/mol. The van der Waals surface area contributed by atoms with Gasteiger partial charge in [0.05, 0.1) is 5.67 Å². The van der Waals surface area contributed by atoms with Crippen LogP contribution in [-0.4, -0.2) is 42.3 Å². The van der Waals surface area contributed by atoms with Crippen LogP contribution in [0.4, 0.5) is 0 Å². The maximum absolute atomic E-state index is 6.12. The van der Waals surface area contributed by atoms with E-state index in [1.54, 1.807) is 21.3 Å². The van der Waals surface area contributed by atoms with E-state index in [0.717, 1.165) is 25.8 Å². The molecule has 0 fully saturated rings. The van der Waals surface area contributed by atoms with Gasteiger partial charge in [-0.3, -0.25) is 0 Å². The molecule has 0 aromatic heterocycles. The Kier molecular flexibility index (Phi) is 10.9. The van der Waals surface area contributed by atoms with Crippen LogP contribution in [0.3, 0.4) is 0 Å². The fourth-order valence-electron chi connectivity index (χ4n) is 2.10. The molecule has 0 aliphatic heterocycles. The first-order chi connectivity index (χ1) is 8.66. The van der Waals surface area contributed by atoms with Gasteiger partial charge in [-0.15, -0.1) is 0 Å². The molecule has 0 heterocycles. The van der Waals surface area contributed by atoms with Crippen LogP contribution in [0.1, 0.15) is 44.9 Å². The van der Waals surface area contributed by atoms with Gasteiger partial charge >= 0.3 is 8.80 Å². The molecule has 0 saturated heterocycles. The third-order valence-corrected chi connectivity index (χ3v) is 6.18. The van der Waals surface area contributed by atoms with E-state index in [-0.39, 0.29) is 5.67 Å². The molecular weight excluding hydrogens is 248 g/mol. The van der Waals surface area contributed by atoms with Crippen molar-refractivity contribution in [1.29, 1.82) is 0 Å². The normalized spacial score (nSPS) is 13.8. The monoisotopic (exact) mass is 278 g/mol. The van der Waals surface area contributed by atoms with E-state index in [2.05, 4.69) is 0 Å². The van der Waals surface area contributed by atoms with Crippen molar-refractivity contribution >= 4 is 8.80 Å². The topological polar surface area (TPSA) is 79.7 Å². The van der Waals surface area contributed by atoms with Gasteiger partial charge in [0.15, 0.2) is 0 Å². The molecule has 0 rings (SSSR count). The molecule has 0 amide bonds. The second-order valence-electron chi connectivity index (χ2n) is 4.52. The minimum Gasteiger partial charge on any atom is -0.376 e. The first kappa shape index (κ1) is 18.0. The Bertz CT molecular complexity index is 184. The summed E-state index contributed by atoms with van der Waals surface area (Å²) in [4.78, 5) is 0. The highest BCUT2D eigenvalue weighted by molar-refractivity contribution is 6.62. The van der Waals surface area contributed by atoms with E-state index >= 15 is 0 Å². The molecule has 0 saturated carbocycles. The van der Waals surface area contributed by atoms with Crippen LogP contribution >= 0.6 is 0 Å². The van der Waals surface area contributed by atoms with Gasteiger partial charge in [-0.2, -0.15) is 0 Å². The maximum atomic E-state index is 6.12. The van der Waals surface area contributed by atoms with Crippen molar-refractivity contribution in [2.45, 2.75) is 50.6 Å². The number of hydrogen-bond acceptors (Lipinski definition) is 5. The third kappa shape index (κ3) is 6.26. The van der Waals surface area contributed by atoms with Gasteiger partial charge in [0.1, 0.15) is 0 Å². The summed E-state index contributed by atoms with van der Waals surface area (Å²) in [5, 5.41) is 0. The van der Waals surface area contributed by atoms with Crippen LogP contribution < -0.4 is 11.5 Å². The summed E-state index contributed by atoms with van der Waals surface area (Å²) in [6.07, 6.45) is 8.04. The zero-order valence-corrected chi connectivity index (χ0v) is 13.1. The van der Waals surface area contributed by atoms with Gasteiger partial charge in [-0.25, -0.2) is 0 Å². The highest BCUT2D eigenvalue weighted by Crippen LogP contribution is 2.16. The summed E-state index contributed by atoms with van der Waals surface area (Å²) >= 11 is 0. The molecule has 0 bridgehead atoms. The van der Waals surface area contributed by atoms with Crippen molar-refractivity contribution in [1.82, 2.24) is 0 Å². The SMILES string of the molecule is CO[Si](OC)(OC)C(N)CCCCCCCCN. The number of rotatable bonds is 12. The van der Waals surface area contributed by atoms with Crippen molar-refractivity contribution in [3.05, 3.63) is 0 Å². The van der Waals surface area contributed by atoms with Gasteiger partial charge < -0.3 is 24.7 Å². The molecule has 0 aliphatic carbocycles. The van der Waals surface area contributed by atoms with E-state index in [9.17, 15) is 0 Å². The Labute approximate surface area is 113 Å². The average Bonchev–Trinajstić information content (AvgIpc) is 2.40. The Hall–Kier alpha value is 0.0169. The lowest BCUT2D eigenvalue weighted by atomic mass is 10.1. The molecule has 6 heteroatoms. The van der Waals surface area contributed by atoms with Crippen molar-refractivity contribution in [3.63, 3.8) is 0 Å². The second kappa shape index (κ2) is 10.9. The van der Waals surface area contributed by atoms with Gasteiger partial charge in [-0.1, -0.05) is 32.1 Å². The van der Waals surface area contributed by atoms with E-state index in [1.165, 1.54) is 25.7 Å². The van der Waals surface area contributed by atoms with E-state index < -0.39 is 8.80 Å². The van der Waals surface area contributed by atoms with Crippen molar-refractivity contribution in [2.75, 3.05) is 27.9 Å². The number of nitrogens with two attached hydrogens (primary N) is 2. The lowest BCUT2D eigenvalue weighted by molar-refractivity contribution is 0.111. The number of hydrogen-bond donors (Lipinski definition) is 2. The largest absolute Gasteiger partial charge is 0.517 e. The number of unbranched alkanes of at least 4 members (excludes halogenated alkanes) is 5. The standard InChI is InChI=1S/C12H30N2O3Si/c1-15-18(16-2,17-3)12(14)10-8-6-4-5-7-9-11-13/h12H,4-11,13-14H2,1-3H3. The summed E-state index contributed by atoms with van der Waals surface area (Å²) in [5.41, 5.74) is 11.4. The summed E-state index contributed by atoms with van der Waals surface area (Å²) in [7, 11) is 2.17. The zero-order valence-electron chi connectivity index (χ0n) is 12.1. The molecule has 0 aliphatic rings. The molecule has 0 aromatic rings. The van der Waals surface area contributed by atoms with E-state index in [1.807, 2.05) is 0 Å². The Morgan fingerprint density at radius 2 is 1.28 bits per heavy atom. The summed E-state index contributed by atoms with van der Waals surface area (Å²) in [5.74, 6) is 0.